The van der Waals surface area contributed by atoms with Crippen LogP contribution in [0.2, 0.25) is 0 Å². The molecule has 0 aliphatic rings. The van der Waals surface area contributed by atoms with Crippen LogP contribution in [0.25, 0.3) is 0 Å². The zero-order chi connectivity index (χ0) is 8.48. The van der Waals surface area contributed by atoms with E-state index in [1.807, 2.05) is 12.1 Å². The van der Waals surface area contributed by atoms with Gasteiger partial charge in [-0.2, -0.15) is 0 Å². The van der Waals surface area contributed by atoms with Gasteiger partial charge >= 0.3 is 0 Å². The lowest BCUT2D eigenvalue weighted by molar-refractivity contribution is 1.41. The minimum Gasteiger partial charge on any atom is -0.0616 e. The van der Waals surface area contributed by atoms with Crippen LogP contribution in [0.4, 0.5) is 0 Å². The Bertz CT molecular complexity index is 250. The summed E-state index contributed by atoms with van der Waals surface area (Å²) in [5.74, 6) is 0. The van der Waals surface area contributed by atoms with Crippen molar-refractivity contribution in [1.82, 2.24) is 0 Å². The van der Waals surface area contributed by atoms with E-state index in [1.54, 1.807) is 0 Å². The summed E-state index contributed by atoms with van der Waals surface area (Å²) in [5.41, 5.74) is 2.39. The van der Waals surface area contributed by atoms with E-state index in [-0.39, 0.29) is -0.565 Å². The van der Waals surface area contributed by atoms with Gasteiger partial charge in [-0.15, -0.1) is 0 Å². The van der Waals surface area contributed by atoms with Crippen molar-refractivity contribution in [3.05, 3.63) is 42.3 Å². The highest BCUT2D eigenvalue weighted by Crippen LogP contribution is 2.45. The quantitative estimate of drug-likeness (QED) is 0.414. The molecule has 0 N–H and O–H groups in total. The van der Waals surface area contributed by atoms with Gasteiger partial charge in [-0.3, -0.25) is 0 Å². The van der Waals surface area contributed by atoms with E-state index in [4.69, 9.17) is 0 Å². The van der Waals surface area contributed by atoms with Gasteiger partial charge in [-0.25, -0.2) is 0 Å². The fourth-order valence-corrected chi connectivity index (χ4v) is 1.75. The van der Waals surface area contributed by atoms with Crippen LogP contribution >= 0.6 is 67.8 Å². The molecule has 3 heteroatoms. The third kappa shape index (κ3) is 3.33. The molecule has 0 aliphatic heterocycles. The number of alkyl halides is 3. The van der Waals surface area contributed by atoms with Crippen LogP contribution < -0.4 is 0 Å². The molecule has 0 saturated heterocycles. The standard InChI is InChI=1S/C8H6I3/c1-6-3-2-4-7(5-6)8(9,10)11/h2-5H,1H2. The molecule has 0 amide bonds. The molecule has 0 saturated carbocycles. The summed E-state index contributed by atoms with van der Waals surface area (Å²) < 4.78 is 0.154. The Hall–Kier alpha value is 1.41. The smallest absolute Gasteiger partial charge is 0.0616 e. The highest BCUT2D eigenvalue weighted by atomic mass is 127. The summed E-state index contributed by atoms with van der Waals surface area (Å²) in [6.45, 7) is 3.88. The van der Waals surface area contributed by atoms with E-state index in [0.29, 0.717) is 0 Å². The Labute approximate surface area is 108 Å². The van der Waals surface area contributed by atoms with Gasteiger partial charge in [0.15, 0.2) is 0 Å². The van der Waals surface area contributed by atoms with Crippen molar-refractivity contribution in [2.75, 3.05) is 0 Å². The Balaban J connectivity index is 3.06. The summed E-state index contributed by atoms with van der Waals surface area (Å²) in [5, 5.41) is 0. The van der Waals surface area contributed by atoms with Gasteiger partial charge in [-0.1, -0.05) is 24.3 Å². The van der Waals surface area contributed by atoms with Crippen molar-refractivity contribution < 1.29 is 0 Å². The first-order valence-corrected chi connectivity index (χ1v) is 6.23. The predicted octanol–water partition coefficient (Wildman–Crippen LogP) is 4.28. The van der Waals surface area contributed by atoms with E-state index in [1.165, 1.54) is 5.56 Å². The minimum absolute atomic E-state index is 0.154. The average Bonchev–Trinajstić information content (AvgIpc) is 1.86. The molecule has 0 nitrogen and oxygen atoms in total. The summed E-state index contributed by atoms with van der Waals surface area (Å²) in [6, 6.07) is 8.30. The summed E-state index contributed by atoms with van der Waals surface area (Å²) in [4.78, 5) is 0. The molecule has 1 aromatic carbocycles. The normalized spacial score (nSPS) is 11.6. The van der Waals surface area contributed by atoms with Crippen LogP contribution in [0.1, 0.15) is 11.1 Å². The van der Waals surface area contributed by atoms with Crippen LogP contribution in [0.15, 0.2) is 24.3 Å². The molecule has 0 aliphatic carbocycles. The fourth-order valence-electron chi connectivity index (χ4n) is 0.748. The first-order valence-electron chi connectivity index (χ1n) is 2.99. The van der Waals surface area contributed by atoms with Crippen molar-refractivity contribution in [2.45, 2.75) is -0.565 Å². The van der Waals surface area contributed by atoms with Crippen LogP contribution in [-0.4, -0.2) is 0 Å². The summed E-state index contributed by atoms with van der Waals surface area (Å²) in [6.07, 6.45) is 0. The maximum atomic E-state index is 3.88. The Morgan fingerprint density at radius 3 is 2.18 bits per heavy atom. The second-order valence-corrected chi connectivity index (χ2v) is 13.2. The number of halogens is 3. The van der Waals surface area contributed by atoms with E-state index >= 15 is 0 Å². The molecule has 0 fully saturated rings. The molecule has 0 heterocycles. The second kappa shape index (κ2) is 4.08. The first-order chi connectivity index (χ1) is 5.00. The Kier molecular flexibility index (Phi) is 3.89. The van der Waals surface area contributed by atoms with Crippen molar-refractivity contribution in [3.8, 4) is 0 Å². The Morgan fingerprint density at radius 2 is 1.82 bits per heavy atom. The number of rotatable bonds is 1. The van der Waals surface area contributed by atoms with Gasteiger partial charge < -0.3 is 0 Å². The average molecular weight is 483 g/mol. The highest BCUT2D eigenvalue weighted by Gasteiger charge is 2.19. The summed E-state index contributed by atoms with van der Waals surface area (Å²) >= 11 is 7.21. The van der Waals surface area contributed by atoms with E-state index in [2.05, 4.69) is 86.8 Å². The predicted molar refractivity (Wildman–Crippen MR) is 74.6 cm³/mol. The van der Waals surface area contributed by atoms with Crippen LogP contribution in [0.3, 0.4) is 0 Å². The topological polar surface area (TPSA) is 0 Å². The van der Waals surface area contributed by atoms with Crippen LogP contribution in [-0.2, 0) is -0.565 Å². The highest BCUT2D eigenvalue weighted by molar-refractivity contribution is 14.3. The zero-order valence-corrected chi connectivity index (χ0v) is 12.1. The van der Waals surface area contributed by atoms with Crippen molar-refractivity contribution in [3.63, 3.8) is 0 Å². The molecule has 1 radical (unpaired) electrons. The third-order valence-corrected chi connectivity index (χ3v) is 3.12. The van der Waals surface area contributed by atoms with Gasteiger partial charge in [0.2, 0.25) is 0 Å². The molecular weight excluding hydrogens is 477 g/mol. The maximum absolute atomic E-state index is 3.88. The first kappa shape index (κ1) is 10.5. The molecule has 1 rings (SSSR count). The van der Waals surface area contributed by atoms with E-state index in [0.717, 1.165) is 5.56 Å². The summed E-state index contributed by atoms with van der Waals surface area (Å²) in [7, 11) is 0. The number of hydrogen-bond acceptors (Lipinski definition) is 0. The maximum Gasteiger partial charge on any atom is 0.149 e. The van der Waals surface area contributed by atoms with E-state index < -0.39 is 0 Å². The molecule has 0 bridgehead atoms. The lowest BCUT2D eigenvalue weighted by atomic mass is 10.2. The van der Waals surface area contributed by atoms with Gasteiger partial charge in [0.1, 0.15) is -0.565 Å². The number of benzene rings is 1. The third-order valence-electron chi connectivity index (χ3n) is 1.25. The molecule has 1 aromatic rings. The van der Waals surface area contributed by atoms with Gasteiger partial charge in [-0.05, 0) is 85.8 Å². The minimum atomic E-state index is 0.154. The van der Waals surface area contributed by atoms with Gasteiger partial charge in [0.05, 0.1) is 0 Å². The van der Waals surface area contributed by atoms with Crippen molar-refractivity contribution >= 4 is 67.8 Å². The molecule has 0 atom stereocenters. The lowest BCUT2D eigenvalue weighted by Crippen LogP contribution is -1.96. The lowest BCUT2D eigenvalue weighted by Gasteiger charge is -2.12. The SMILES string of the molecule is [CH2]c1cccc(C(I)(I)I)c1. The zero-order valence-electron chi connectivity index (χ0n) is 5.65. The van der Waals surface area contributed by atoms with Gasteiger partial charge in [0, 0.05) is 0 Å². The molecular formula is C8H6I3. The monoisotopic (exact) mass is 483 g/mol. The fraction of sp³-hybridized carbons (Fsp3) is 0.125. The van der Waals surface area contributed by atoms with Crippen molar-refractivity contribution in [1.29, 1.82) is 0 Å². The Morgan fingerprint density at radius 1 is 1.18 bits per heavy atom. The molecule has 0 spiro atoms. The second-order valence-electron chi connectivity index (χ2n) is 2.20. The van der Waals surface area contributed by atoms with Gasteiger partial charge in [0.25, 0.3) is 0 Å². The molecule has 0 aromatic heterocycles. The van der Waals surface area contributed by atoms with Crippen LogP contribution in [0, 0.1) is 6.92 Å². The molecule has 59 valence electrons. The number of hydrogen-bond donors (Lipinski definition) is 0. The molecule has 0 unspecified atom stereocenters. The van der Waals surface area contributed by atoms with Crippen LogP contribution in [0.5, 0.6) is 0 Å². The molecule has 11 heavy (non-hydrogen) atoms. The largest absolute Gasteiger partial charge is 0.149 e. The van der Waals surface area contributed by atoms with Crippen molar-refractivity contribution in [2.24, 2.45) is 0 Å². The van der Waals surface area contributed by atoms with E-state index in [9.17, 15) is 0 Å².